The van der Waals surface area contributed by atoms with Crippen LogP contribution in [0.3, 0.4) is 0 Å². The van der Waals surface area contributed by atoms with E-state index in [2.05, 4.69) is 6.08 Å². The minimum atomic E-state index is -0.414. The van der Waals surface area contributed by atoms with E-state index < -0.39 is 7.01 Å². The summed E-state index contributed by atoms with van der Waals surface area (Å²) in [7, 11) is -0.777. The molecule has 2 unspecified atom stereocenters. The minimum absolute atomic E-state index is 0.240. The lowest BCUT2D eigenvalue weighted by atomic mass is 9.49. The fourth-order valence-electron chi connectivity index (χ4n) is 3.12. The van der Waals surface area contributed by atoms with Crippen molar-refractivity contribution in [3.63, 3.8) is 0 Å². The summed E-state index contributed by atoms with van der Waals surface area (Å²) >= 11 is 0. The van der Waals surface area contributed by atoms with E-state index in [1.54, 1.807) is 0 Å². The van der Waals surface area contributed by atoms with Gasteiger partial charge in [-0.15, -0.1) is 0 Å². The third kappa shape index (κ3) is 1.79. The molecule has 0 radical (unpaired) electrons. The third-order valence-electron chi connectivity index (χ3n) is 4.07. The van der Waals surface area contributed by atoms with Crippen molar-refractivity contribution in [3.8, 4) is 0 Å². The molecule has 1 saturated carbocycles. The first-order valence-corrected chi connectivity index (χ1v) is 6.94. The Balaban J connectivity index is 1.43. The number of allylic oxidation sites excluding steroid dienone is 3. The fraction of sp³-hybridized carbons (Fsp3) is 0.667. The molecule has 0 aromatic heterocycles. The number of hydrogen-bond donors (Lipinski definition) is 0. The summed E-state index contributed by atoms with van der Waals surface area (Å²) in [6, 6.07) is 0. The SMILES string of the molecule is C1=CC2=C(CC1)OB(B1OC3CCCCC3O1)O2. The molecule has 0 amide bonds. The Kier molecular flexibility index (Phi) is 2.66. The molecule has 4 rings (SSSR count). The van der Waals surface area contributed by atoms with Crippen molar-refractivity contribution in [2.45, 2.75) is 50.7 Å². The molecule has 0 aromatic carbocycles. The van der Waals surface area contributed by atoms with Gasteiger partial charge in [0.25, 0.3) is 0 Å². The molecule has 4 aliphatic rings. The first kappa shape index (κ1) is 11.0. The molecule has 2 heterocycles. The van der Waals surface area contributed by atoms with Gasteiger partial charge in [0.1, 0.15) is 11.5 Å². The van der Waals surface area contributed by atoms with Crippen LogP contribution in [0.15, 0.2) is 23.7 Å². The number of hydrogen-bond acceptors (Lipinski definition) is 4. The van der Waals surface area contributed by atoms with Crippen LogP contribution in [0.2, 0.25) is 0 Å². The maximum atomic E-state index is 5.93. The average molecular weight is 246 g/mol. The van der Waals surface area contributed by atoms with Gasteiger partial charge in [-0.05, 0) is 25.3 Å². The van der Waals surface area contributed by atoms with Gasteiger partial charge in [0, 0.05) is 6.42 Å². The lowest BCUT2D eigenvalue weighted by molar-refractivity contribution is 0.110. The van der Waals surface area contributed by atoms with E-state index >= 15 is 0 Å². The van der Waals surface area contributed by atoms with Crippen molar-refractivity contribution in [2.24, 2.45) is 0 Å². The largest absolute Gasteiger partial charge is 0.617 e. The average Bonchev–Trinajstić information content (AvgIpc) is 3.02. The van der Waals surface area contributed by atoms with Crippen molar-refractivity contribution in [2.75, 3.05) is 0 Å². The Bertz CT molecular complexity index is 395. The Hall–Kier alpha value is -0.870. The van der Waals surface area contributed by atoms with Gasteiger partial charge in [-0.3, -0.25) is 0 Å². The molecule has 94 valence electrons. The van der Waals surface area contributed by atoms with Crippen molar-refractivity contribution in [1.29, 1.82) is 0 Å². The topological polar surface area (TPSA) is 36.9 Å². The smallest absolute Gasteiger partial charge is 0.529 e. The minimum Gasteiger partial charge on any atom is -0.529 e. The summed E-state index contributed by atoms with van der Waals surface area (Å²) in [5, 5.41) is 0. The van der Waals surface area contributed by atoms with E-state index in [0.29, 0.717) is 0 Å². The van der Waals surface area contributed by atoms with Gasteiger partial charge < -0.3 is 18.6 Å². The van der Waals surface area contributed by atoms with E-state index in [-0.39, 0.29) is 19.2 Å². The van der Waals surface area contributed by atoms with Crippen molar-refractivity contribution < 1.29 is 18.6 Å². The van der Waals surface area contributed by atoms with Gasteiger partial charge in [0.2, 0.25) is 0 Å². The number of fused-ring (bicyclic) bond motifs is 1. The van der Waals surface area contributed by atoms with Crippen LogP contribution < -0.4 is 0 Å². The molecular formula is C12H16B2O4. The van der Waals surface area contributed by atoms with Gasteiger partial charge in [-0.25, -0.2) is 0 Å². The van der Waals surface area contributed by atoms with Gasteiger partial charge in [-0.1, -0.05) is 18.9 Å². The predicted molar refractivity (Wildman–Crippen MR) is 67.3 cm³/mol. The Labute approximate surface area is 108 Å². The molecular weight excluding hydrogens is 230 g/mol. The van der Waals surface area contributed by atoms with Crippen LogP contribution >= 0.6 is 0 Å². The Morgan fingerprint density at radius 2 is 1.78 bits per heavy atom. The molecule has 6 heteroatoms. The molecule has 2 aliphatic heterocycles. The Morgan fingerprint density at radius 1 is 1.00 bits per heavy atom. The summed E-state index contributed by atoms with van der Waals surface area (Å²) in [6.07, 6.45) is 11.2. The van der Waals surface area contributed by atoms with Gasteiger partial charge in [0.15, 0.2) is 0 Å². The normalized spacial score (nSPS) is 34.2. The summed E-state index contributed by atoms with van der Waals surface area (Å²) in [6.45, 7) is 0. The zero-order valence-corrected chi connectivity index (χ0v) is 10.3. The van der Waals surface area contributed by atoms with Crippen LogP contribution in [0.5, 0.6) is 0 Å². The van der Waals surface area contributed by atoms with Crippen LogP contribution in [-0.4, -0.2) is 26.2 Å². The quantitative estimate of drug-likeness (QED) is 0.663. The summed E-state index contributed by atoms with van der Waals surface area (Å²) in [5.41, 5.74) is 0. The highest BCUT2D eigenvalue weighted by Crippen LogP contribution is 2.35. The van der Waals surface area contributed by atoms with Crippen LogP contribution in [0.1, 0.15) is 38.5 Å². The van der Waals surface area contributed by atoms with Gasteiger partial charge in [0.05, 0.1) is 12.2 Å². The van der Waals surface area contributed by atoms with Crippen LogP contribution in [0.25, 0.3) is 0 Å². The highest BCUT2D eigenvalue weighted by Gasteiger charge is 2.55. The molecule has 0 N–H and O–H groups in total. The standard InChI is InChI=1S/C12H16B2O4/c1-2-6-10-9(5-1)15-13(16-10)14-17-11-7-3-4-8-12(11)18-14/h1,5,11-12H,2-4,6-8H2. The summed E-state index contributed by atoms with van der Waals surface area (Å²) in [5.74, 6) is 1.80. The molecule has 0 aromatic rings. The van der Waals surface area contributed by atoms with E-state index in [0.717, 1.165) is 37.2 Å². The molecule has 2 atom stereocenters. The van der Waals surface area contributed by atoms with Crippen LogP contribution in [0.4, 0.5) is 0 Å². The van der Waals surface area contributed by atoms with E-state index in [1.165, 1.54) is 12.8 Å². The maximum absolute atomic E-state index is 5.93. The molecule has 4 nitrogen and oxygen atoms in total. The Morgan fingerprint density at radius 3 is 2.50 bits per heavy atom. The van der Waals surface area contributed by atoms with Gasteiger partial charge in [-0.2, -0.15) is 0 Å². The molecule has 0 bridgehead atoms. The second-order valence-electron chi connectivity index (χ2n) is 5.33. The highest BCUT2D eigenvalue weighted by molar-refractivity contribution is 7.11. The first-order valence-electron chi connectivity index (χ1n) is 6.94. The van der Waals surface area contributed by atoms with Gasteiger partial charge >= 0.3 is 14.0 Å². The molecule has 0 spiro atoms. The van der Waals surface area contributed by atoms with Crippen molar-refractivity contribution >= 4 is 14.0 Å². The maximum Gasteiger partial charge on any atom is 0.617 e. The molecule has 2 aliphatic carbocycles. The van der Waals surface area contributed by atoms with E-state index in [1.807, 2.05) is 6.08 Å². The fourth-order valence-corrected chi connectivity index (χ4v) is 3.12. The lowest BCUT2D eigenvalue weighted by Gasteiger charge is -2.22. The molecule has 18 heavy (non-hydrogen) atoms. The third-order valence-corrected chi connectivity index (χ3v) is 4.07. The zero-order valence-electron chi connectivity index (χ0n) is 10.3. The lowest BCUT2D eigenvalue weighted by Crippen LogP contribution is -2.40. The van der Waals surface area contributed by atoms with Crippen molar-refractivity contribution in [3.05, 3.63) is 23.7 Å². The summed E-state index contributed by atoms with van der Waals surface area (Å²) < 4.78 is 23.5. The summed E-state index contributed by atoms with van der Waals surface area (Å²) in [4.78, 5) is 0. The second kappa shape index (κ2) is 4.35. The zero-order chi connectivity index (χ0) is 11.9. The van der Waals surface area contributed by atoms with E-state index in [4.69, 9.17) is 18.6 Å². The first-order chi connectivity index (χ1) is 8.90. The highest BCUT2D eigenvalue weighted by atomic mass is 16.7. The molecule has 1 saturated heterocycles. The van der Waals surface area contributed by atoms with Crippen LogP contribution in [-0.2, 0) is 18.6 Å². The second-order valence-corrected chi connectivity index (χ2v) is 5.33. The number of rotatable bonds is 1. The van der Waals surface area contributed by atoms with Crippen molar-refractivity contribution in [1.82, 2.24) is 0 Å². The molecule has 2 fully saturated rings. The predicted octanol–water partition coefficient (Wildman–Crippen LogP) is 2.01. The monoisotopic (exact) mass is 246 g/mol. The van der Waals surface area contributed by atoms with E-state index in [9.17, 15) is 0 Å². The van der Waals surface area contributed by atoms with Crippen LogP contribution in [0, 0.1) is 0 Å².